The van der Waals surface area contributed by atoms with Crippen molar-refractivity contribution in [2.75, 3.05) is 13.7 Å². The number of ether oxygens (including phenoxy) is 2. The first-order valence-corrected chi connectivity index (χ1v) is 9.75. The second-order valence-electron chi connectivity index (χ2n) is 6.21. The van der Waals surface area contributed by atoms with Crippen molar-refractivity contribution >= 4 is 10.0 Å². The maximum Gasteiger partial charge on any atom is 0.238 e. The fourth-order valence-electron chi connectivity index (χ4n) is 2.95. The van der Waals surface area contributed by atoms with Crippen LogP contribution in [0.5, 0.6) is 11.5 Å². The molecule has 140 valence electrons. The van der Waals surface area contributed by atoms with E-state index in [4.69, 9.17) is 19.1 Å². The van der Waals surface area contributed by atoms with Gasteiger partial charge in [-0.3, -0.25) is 0 Å². The molecule has 0 amide bonds. The van der Waals surface area contributed by atoms with Gasteiger partial charge in [-0.2, -0.15) is 4.98 Å². The molecule has 0 saturated carbocycles. The van der Waals surface area contributed by atoms with E-state index < -0.39 is 10.0 Å². The van der Waals surface area contributed by atoms with E-state index in [-0.39, 0.29) is 10.8 Å². The van der Waals surface area contributed by atoms with Crippen LogP contribution in [0.15, 0.2) is 51.9 Å². The predicted molar refractivity (Wildman–Crippen MR) is 96.0 cm³/mol. The van der Waals surface area contributed by atoms with E-state index in [9.17, 15) is 8.42 Å². The Morgan fingerprint density at radius 3 is 2.67 bits per heavy atom. The zero-order chi connectivity index (χ0) is 19.0. The molecule has 0 saturated heterocycles. The van der Waals surface area contributed by atoms with Crippen LogP contribution in [0.4, 0.5) is 0 Å². The van der Waals surface area contributed by atoms with Crippen molar-refractivity contribution in [1.82, 2.24) is 10.1 Å². The van der Waals surface area contributed by atoms with Crippen molar-refractivity contribution in [2.45, 2.75) is 17.2 Å². The fraction of sp³-hybridized carbons (Fsp3) is 0.222. The van der Waals surface area contributed by atoms with Crippen LogP contribution < -0.4 is 14.6 Å². The van der Waals surface area contributed by atoms with Crippen LogP contribution in [0.25, 0.3) is 11.4 Å². The lowest BCUT2D eigenvalue weighted by Gasteiger charge is -2.23. The molecule has 9 heteroatoms. The molecular formula is C18H17N3O5S. The Kier molecular flexibility index (Phi) is 4.33. The molecular weight excluding hydrogens is 370 g/mol. The summed E-state index contributed by atoms with van der Waals surface area (Å²) < 4.78 is 39.1. The molecule has 2 heterocycles. The second-order valence-corrected chi connectivity index (χ2v) is 7.77. The number of fused-ring (bicyclic) bond motifs is 1. The average molecular weight is 387 g/mol. The van der Waals surface area contributed by atoms with Crippen molar-refractivity contribution in [3.8, 4) is 22.9 Å². The van der Waals surface area contributed by atoms with E-state index in [2.05, 4.69) is 10.1 Å². The van der Waals surface area contributed by atoms with Gasteiger partial charge in [-0.15, -0.1) is 0 Å². The Hall–Kier alpha value is -2.91. The Labute approximate surface area is 156 Å². The Balaban J connectivity index is 1.54. The molecule has 1 aliphatic heterocycles. The molecule has 0 bridgehead atoms. The summed E-state index contributed by atoms with van der Waals surface area (Å²) in [6, 6.07) is 11.7. The number of aromatic nitrogens is 2. The van der Waals surface area contributed by atoms with Crippen LogP contribution >= 0.6 is 0 Å². The summed E-state index contributed by atoms with van der Waals surface area (Å²) in [4.78, 5) is 4.47. The van der Waals surface area contributed by atoms with Gasteiger partial charge in [-0.25, -0.2) is 13.6 Å². The monoisotopic (exact) mass is 387 g/mol. The van der Waals surface area contributed by atoms with Gasteiger partial charge in [0.15, 0.2) is 0 Å². The average Bonchev–Trinajstić information content (AvgIpc) is 3.17. The van der Waals surface area contributed by atoms with Crippen molar-refractivity contribution in [2.24, 2.45) is 5.14 Å². The van der Waals surface area contributed by atoms with Gasteiger partial charge >= 0.3 is 0 Å². The molecule has 8 nitrogen and oxygen atoms in total. The second kappa shape index (κ2) is 6.67. The van der Waals surface area contributed by atoms with E-state index in [1.54, 1.807) is 19.2 Å². The molecule has 27 heavy (non-hydrogen) atoms. The van der Waals surface area contributed by atoms with Crippen LogP contribution in [0.2, 0.25) is 0 Å². The van der Waals surface area contributed by atoms with Crippen molar-refractivity contribution in [3.63, 3.8) is 0 Å². The first-order chi connectivity index (χ1) is 12.9. The summed E-state index contributed by atoms with van der Waals surface area (Å²) in [5.74, 6) is 2.34. The number of hydrogen-bond acceptors (Lipinski definition) is 7. The summed E-state index contributed by atoms with van der Waals surface area (Å²) in [5.41, 5.74) is 1.68. The van der Waals surface area contributed by atoms with Gasteiger partial charge in [0, 0.05) is 11.6 Å². The smallest absolute Gasteiger partial charge is 0.238 e. The van der Waals surface area contributed by atoms with E-state index in [0.29, 0.717) is 30.3 Å². The minimum Gasteiger partial charge on any atom is -0.497 e. The highest BCUT2D eigenvalue weighted by atomic mass is 32.2. The molecule has 3 aromatic rings. The highest BCUT2D eigenvalue weighted by Gasteiger charge is 2.27. The number of benzene rings is 2. The Bertz CT molecular complexity index is 1080. The molecule has 2 N–H and O–H groups in total. The highest BCUT2D eigenvalue weighted by molar-refractivity contribution is 7.89. The molecule has 1 unspecified atom stereocenters. The largest absolute Gasteiger partial charge is 0.497 e. The summed E-state index contributed by atoms with van der Waals surface area (Å²) in [6.07, 6.45) is 0.714. The van der Waals surface area contributed by atoms with Crippen molar-refractivity contribution < 1.29 is 22.4 Å². The number of nitrogens with zero attached hydrogens (tertiary/aromatic N) is 2. The van der Waals surface area contributed by atoms with Gasteiger partial charge in [0.1, 0.15) is 18.1 Å². The molecule has 0 spiro atoms. The quantitative estimate of drug-likeness (QED) is 0.728. The fourth-order valence-corrected chi connectivity index (χ4v) is 3.47. The first kappa shape index (κ1) is 17.5. The lowest BCUT2D eigenvalue weighted by atomic mass is 9.96. The SMILES string of the molecule is COc1ccc2c(c1)OCC(c1nc(-c3ccc(S(N)(=O)=O)cc3)no1)C2. The molecule has 0 aliphatic carbocycles. The first-order valence-electron chi connectivity index (χ1n) is 8.20. The molecule has 4 rings (SSSR count). The van der Waals surface area contributed by atoms with Gasteiger partial charge in [0.25, 0.3) is 0 Å². The van der Waals surface area contributed by atoms with Gasteiger partial charge in [0.2, 0.25) is 21.7 Å². The summed E-state index contributed by atoms with van der Waals surface area (Å²) in [7, 11) is -2.12. The number of methoxy groups -OCH3 is 1. The van der Waals surface area contributed by atoms with Gasteiger partial charge < -0.3 is 14.0 Å². The van der Waals surface area contributed by atoms with Crippen LogP contribution in [-0.4, -0.2) is 32.3 Å². The summed E-state index contributed by atoms with van der Waals surface area (Å²) >= 11 is 0. The van der Waals surface area contributed by atoms with E-state index >= 15 is 0 Å². The maximum absolute atomic E-state index is 11.3. The third-order valence-electron chi connectivity index (χ3n) is 4.41. The highest BCUT2D eigenvalue weighted by Crippen LogP contribution is 2.34. The van der Waals surface area contributed by atoms with Crippen LogP contribution in [-0.2, 0) is 16.4 Å². The van der Waals surface area contributed by atoms with Gasteiger partial charge in [-0.05, 0) is 42.3 Å². The molecule has 0 radical (unpaired) electrons. The van der Waals surface area contributed by atoms with Crippen LogP contribution in [0, 0.1) is 0 Å². The molecule has 1 aromatic heterocycles. The van der Waals surface area contributed by atoms with E-state index in [1.165, 1.54) is 12.1 Å². The van der Waals surface area contributed by atoms with Crippen LogP contribution in [0.1, 0.15) is 17.4 Å². The lowest BCUT2D eigenvalue weighted by molar-refractivity contribution is 0.229. The Morgan fingerprint density at radius 2 is 1.96 bits per heavy atom. The molecule has 1 aliphatic rings. The molecule has 1 atom stereocenters. The normalized spacial score (nSPS) is 16.4. The minimum atomic E-state index is -3.74. The third kappa shape index (κ3) is 3.51. The molecule has 2 aromatic carbocycles. The van der Waals surface area contributed by atoms with E-state index in [1.807, 2.05) is 18.2 Å². The molecule has 0 fully saturated rings. The van der Waals surface area contributed by atoms with Gasteiger partial charge in [-0.1, -0.05) is 11.2 Å². The number of primary sulfonamides is 1. The zero-order valence-corrected chi connectivity index (χ0v) is 15.3. The van der Waals surface area contributed by atoms with Crippen molar-refractivity contribution in [1.29, 1.82) is 0 Å². The number of hydrogen-bond donors (Lipinski definition) is 1. The predicted octanol–water partition coefficient (Wildman–Crippen LogP) is 2.11. The maximum atomic E-state index is 11.3. The standard InChI is InChI=1S/C18H17N3O5S/c1-24-14-5-2-12-8-13(10-25-16(12)9-14)18-20-17(21-26-18)11-3-6-15(7-4-11)27(19,22)23/h2-7,9,13H,8,10H2,1H3,(H2,19,22,23). The number of rotatable bonds is 4. The minimum absolute atomic E-state index is 0.0303. The summed E-state index contributed by atoms with van der Waals surface area (Å²) in [6.45, 7) is 0.423. The Morgan fingerprint density at radius 1 is 1.19 bits per heavy atom. The number of sulfonamides is 1. The van der Waals surface area contributed by atoms with Crippen LogP contribution in [0.3, 0.4) is 0 Å². The third-order valence-corrected chi connectivity index (χ3v) is 5.34. The summed E-state index contributed by atoms with van der Waals surface area (Å²) in [5, 5.41) is 9.10. The lowest BCUT2D eigenvalue weighted by Crippen LogP contribution is -2.19. The van der Waals surface area contributed by atoms with E-state index in [0.717, 1.165) is 17.1 Å². The number of nitrogens with two attached hydrogens (primary N) is 1. The topological polar surface area (TPSA) is 118 Å². The zero-order valence-electron chi connectivity index (χ0n) is 14.5. The van der Waals surface area contributed by atoms with Crippen molar-refractivity contribution in [3.05, 3.63) is 53.9 Å². The van der Waals surface area contributed by atoms with Gasteiger partial charge in [0.05, 0.1) is 17.9 Å².